The number of carboxylic acid groups (broad SMARTS) is 3. The Bertz CT molecular complexity index is 862. The molecule has 35 heavy (non-hydrogen) atoms. The molecule has 2 unspecified atom stereocenters. The van der Waals surface area contributed by atoms with Crippen LogP contribution in [-0.2, 0) is 46.2 Å². The van der Waals surface area contributed by atoms with Crippen molar-refractivity contribution < 1.29 is 63.6 Å². The number of rotatable bonds is 14. The second-order valence-corrected chi connectivity index (χ2v) is 8.29. The average molecular weight is 570 g/mol. The molecule has 0 aromatic carbocycles. The van der Waals surface area contributed by atoms with Crippen molar-refractivity contribution >= 4 is 29.7 Å². The van der Waals surface area contributed by atoms with Gasteiger partial charge in [0.05, 0.1) is 29.2 Å². The van der Waals surface area contributed by atoms with Crippen LogP contribution < -0.4 is 20.8 Å². The van der Waals surface area contributed by atoms with E-state index in [4.69, 9.17) is 14.6 Å². The first-order valence-corrected chi connectivity index (χ1v) is 10.8. The van der Waals surface area contributed by atoms with Gasteiger partial charge in [-0.2, -0.15) is 11.8 Å². The van der Waals surface area contributed by atoms with E-state index in [1.807, 2.05) is 26.2 Å². The number of hydrogen-bond acceptors (Lipinski definition) is 13. The largest absolute Gasteiger partial charge is 2.00 e. The van der Waals surface area contributed by atoms with E-state index < -0.39 is 34.4 Å². The number of aliphatic hydroxyl groups is 1. The van der Waals surface area contributed by atoms with Gasteiger partial charge in [0.1, 0.15) is 23.0 Å². The van der Waals surface area contributed by atoms with Crippen molar-refractivity contribution in [3.63, 3.8) is 0 Å². The summed E-state index contributed by atoms with van der Waals surface area (Å²) in [5, 5.41) is 53.5. The molecule has 0 fully saturated rings. The first-order valence-electron chi connectivity index (χ1n) is 9.66. The van der Waals surface area contributed by atoms with E-state index in [-0.39, 0.29) is 19.5 Å². The Hall–Kier alpha value is -2.68. The molecule has 1 rings (SSSR count). The van der Waals surface area contributed by atoms with Crippen molar-refractivity contribution in [3.05, 3.63) is 45.8 Å². The number of thioether (sulfide) groups is 1. The Balaban J connectivity index is 0. The SMILES string of the molecule is CC(O)(C(=O)[O-])C(C(=O)[O-])C(=O)O.CNC(=C[N+](=O)[O-])NCCSCc1ccc(CN(C)C)o1.[Zn+2]. The van der Waals surface area contributed by atoms with Crippen LogP contribution in [0.5, 0.6) is 0 Å². The zero-order chi connectivity index (χ0) is 26.5. The number of nitro groups is 1. The number of furan rings is 1. The van der Waals surface area contributed by atoms with Gasteiger partial charge in [-0.25, -0.2) is 0 Å². The Morgan fingerprint density at radius 3 is 2.26 bits per heavy atom. The summed E-state index contributed by atoms with van der Waals surface area (Å²) in [5.74, 6) is -5.00. The molecule has 0 amide bonds. The van der Waals surface area contributed by atoms with Crippen molar-refractivity contribution in [2.75, 3.05) is 33.4 Å². The molecular formula is C19H28N4O10SZn. The fourth-order valence-electron chi connectivity index (χ4n) is 2.32. The van der Waals surface area contributed by atoms with E-state index in [1.54, 1.807) is 18.8 Å². The Kier molecular flexibility index (Phi) is 16.6. The Morgan fingerprint density at radius 1 is 1.29 bits per heavy atom. The van der Waals surface area contributed by atoms with Gasteiger partial charge in [0, 0.05) is 19.3 Å². The van der Waals surface area contributed by atoms with Crippen LogP contribution >= 0.6 is 11.8 Å². The number of carboxylic acids is 3. The van der Waals surface area contributed by atoms with Gasteiger partial charge in [0.25, 0.3) is 6.20 Å². The number of aliphatic carboxylic acids is 3. The predicted octanol–water partition coefficient (Wildman–Crippen LogP) is -2.61. The van der Waals surface area contributed by atoms with Gasteiger partial charge in [-0.3, -0.25) is 14.9 Å². The molecular weight excluding hydrogens is 542 g/mol. The molecule has 192 valence electrons. The van der Waals surface area contributed by atoms with Crippen molar-refractivity contribution in [3.8, 4) is 0 Å². The minimum atomic E-state index is -3.00. The molecule has 0 spiro atoms. The molecule has 0 saturated carbocycles. The monoisotopic (exact) mass is 568 g/mol. The standard InChI is InChI=1S/C13H22N4O3S.C6H8O7.Zn/c1-14-13(9-17(18)19)15-6-7-21-10-12-5-4-11(20-12)8-16(2)3;1-6(13,5(11)12)2(3(7)8)4(9)10;/h4-5,9,14-15H,6-8,10H2,1-3H3;2,13H,1H3,(H,7,8)(H,9,10)(H,11,12);/q;;+2/p-2. The summed E-state index contributed by atoms with van der Waals surface area (Å²) in [4.78, 5) is 42.4. The van der Waals surface area contributed by atoms with Crippen molar-refractivity contribution in [2.24, 2.45) is 5.92 Å². The number of carbonyl (C=O) groups excluding carboxylic acids is 2. The zero-order valence-electron chi connectivity index (χ0n) is 19.8. The van der Waals surface area contributed by atoms with Gasteiger partial charge >= 0.3 is 25.4 Å². The van der Waals surface area contributed by atoms with E-state index >= 15 is 0 Å². The molecule has 14 nitrogen and oxygen atoms in total. The molecule has 0 radical (unpaired) electrons. The summed E-state index contributed by atoms with van der Waals surface area (Å²) in [7, 11) is 5.64. The number of carbonyl (C=O) groups is 3. The third-order valence-corrected chi connectivity index (χ3v) is 4.94. The first kappa shape index (κ1) is 34.5. The predicted molar refractivity (Wildman–Crippen MR) is 116 cm³/mol. The normalized spacial score (nSPS) is 13.4. The van der Waals surface area contributed by atoms with Crippen molar-refractivity contribution in [2.45, 2.75) is 24.8 Å². The van der Waals surface area contributed by atoms with Gasteiger partial charge in [0.15, 0.2) is 5.82 Å². The van der Waals surface area contributed by atoms with Gasteiger partial charge in [-0.1, -0.05) is 0 Å². The van der Waals surface area contributed by atoms with Crippen LogP contribution in [-0.4, -0.2) is 77.0 Å². The maximum absolute atomic E-state index is 10.3. The van der Waals surface area contributed by atoms with Gasteiger partial charge < -0.3 is 50.0 Å². The molecule has 0 saturated heterocycles. The summed E-state index contributed by atoms with van der Waals surface area (Å²) in [6.45, 7) is 1.96. The van der Waals surface area contributed by atoms with Gasteiger partial charge in [-0.15, -0.1) is 0 Å². The average Bonchev–Trinajstić information content (AvgIpc) is 3.12. The summed E-state index contributed by atoms with van der Waals surface area (Å²) in [6.07, 6.45) is 0.921. The molecule has 1 aromatic rings. The zero-order valence-corrected chi connectivity index (χ0v) is 23.6. The first-order chi connectivity index (χ1) is 15.7. The molecule has 2 atom stereocenters. The Labute approximate surface area is 218 Å². The third kappa shape index (κ3) is 13.7. The van der Waals surface area contributed by atoms with Crippen LogP contribution in [0.4, 0.5) is 0 Å². The van der Waals surface area contributed by atoms with Crippen LogP contribution in [0.1, 0.15) is 18.4 Å². The van der Waals surface area contributed by atoms with Crippen LogP contribution in [0.2, 0.25) is 0 Å². The molecule has 1 heterocycles. The molecule has 0 aliphatic heterocycles. The summed E-state index contributed by atoms with van der Waals surface area (Å²) in [6, 6.07) is 3.98. The van der Waals surface area contributed by atoms with Crippen LogP contribution in [0.15, 0.2) is 28.6 Å². The summed E-state index contributed by atoms with van der Waals surface area (Å²) < 4.78 is 5.70. The minimum Gasteiger partial charge on any atom is -0.549 e. The van der Waals surface area contributed by atoms with E-state index in [2.05, 4.69) is 15.5 Å². The second kappa shape index (κ2) is 16.9. The molecule has 0 aliphatic rings. The fourth-order valence-corrected chi connectivity index (χ4v) is 3.07. The molecule has 1 aromatic heterocycles. The Morgan fingerprint density at radius 2 is 1.86 bits per heavy atom. The van der Waals surface area contributed by atoms with Crippen LogP contribution in [0.3, 0.4) is 0 Å². The van der Waals surface area contributed by atoms with E-state index in [1.165, 1.54) is 0 Å². The maximum atomic E-state index is 10.3. The fraction of sp³-hybridized carbons (Fsp3) is 0.526. The summed E-state index contributed by atoms with van der Waals surface area (Å²) >= 11 is 1.72. The van der Waals surface area contributed by atoms with Crippen LogP contribution in [0, 0.1) is 16.0 Å². The van der Waals surface area contributed by atoms with Gasteiger partial charge in [0.2, 0.25) is 0 Å². The topological polar surface area (TPSA) is 221 Å². The van der Waals surface area contributed by atoms with Crippen LogP contribution in [0.25, 0.3) is 0 Å². The van der Waals surface area contributed by atoms with E-state index in [0.29, 0.717) is 19.3 Å². The van der Waals surface area contributed by atoms with E-state index in [0.717, 1.165) is 35.8 Å². The number of hydrogen-bond donors (Lipinski definition) is 4. The quantitative estimate of drug-likeness (QED) is 0.0593. The van der Waals surface area contributed by atoms with Gasteiger partial charge in [-0.05, 0) is 33.2 Å². The molecule has 4 N–H and O–H groups in total. The molecule has 16 heteroatoms. The number of nitrogens with one attached hydrogen (secondary N) is 2. The minimum absolute atomic E-state index is 0. The number of nitrogens with zero attached hydrogens (tertiary/aromatic N) is 2. The maximum Gasteiger partial charge on any atom is 2.00 e. The second-order valence-electron chi connectivity index (χ2n) is 7.19. The molecule has 0 aliphatic carbocycles. The smallest absolute Gasteiger partial charge is 0.549 e. The van der Waals surface area contributed by atoms with Crippen molar-refractivity contribution in [1.82, 2.24) is 15.5 Å². The molecule has 0 bridgehead atoms. The summed E-state index contributed by atoms with van der Waals surface area (Å²) in [5.41, 5.74) is -3.00. The van der Waals surface area contributed by atoms with E-state index in [9.17, 15) is 34.7 Å². The third-order valence-electron chi connectivity index (χ3n) is 3.96. The van der Waals surface area contributed by atoms with Crippen molar-refractivity contribution in [1.29, 1.82) is 0 Å².